The van der Waals surface area contributed by atoms with Gasteiger partial charge < -0.3 is 15.7 Å². The summed E-state index contributed by atoms with van der Waals surface area (Å²) >= 11 is 0. The Kier molecular flexibility index (Phi) is 5.08. The minimum absolute atomic E-state index is 0.444. The fourth-order valence-corrected chi connectivity index (χ4v) is 2.97. The van der Waals surface area contributed by atoms with E-state index in [-0.39, 0.29) is 0 Å². The Hall–Kier alpha value is -3.91. The van der Waals surface area contributed by atoms with Gasteiger partial charge in [0.15, 0.2) is 5.82 Å². The number of amides is 1. The molecule has 8 heteroatoms. The van der Waals surface area contributed by atoms with Crippen LogP contribution >= 0.6 is 0 Å². The third-order valence-electron chi connectivity index (χ3n) is 4.44. The van der Waals surface area contributed by atoms with Crippen molar-refractivity contribution in [3.8, 4) is 16.9 Å². The molecule has 4 rings (SSSR count). The number of aromatic amines is 1. The molecule has 0 spiro atoms. The maximum absolute atomic E-state index is 11.3. The maximum Gasteiger partial charge on any atom is 0.250 e. The first kappa shape index (κ1) is 18.5. The van der Waals surface area contributed by atoms with E-state index >= 15 is 0 Å². The highest BCUT2D eigenvalue weighted by Crippen LogP contribution is 2.26. The average Bonchev–Trinajstić information content (AvgIpc) is 3.42. The Labute approximate surface area is 167 Å². The van der Waals surface area contributed by atoms with Crippen molar-refractivity contribution < 1.29 is 9.90 Å². The van der Waals surface area contributed by atoms with Gasteiger partial charge in [-0.25, -0.2) is 4.68 Å². The molecule has 0 radical (unpaired) electrons. The number of anilines is 3. The van der Waals surface area contributed by atoms with E-state index in [0.29, 0.717) is 11.5 Å². The van der Waals surface area contributed by atoms with E-state index in [0.717, 1.165) is 28.2 Å². The molecule has 4 aromatic rings. The normalized spacial score (nSPS) is 10.7. The summed E-state index contributed by atoms with van der Waals surface area (Å²) in [7, 11) is 0. The number of hydrogen-bond acceptors (Lipinski definition) is 5. The summed E-state index contributed by atoms with van der Waals surface area (Å²) in [6.07, 6.45) is 3.64. The van der Waals surface area contributed by atoms with Gasteiger partial charge in [-0.15, -0.1) is 0 Å². The molecule has 29 heavy (non-hydrogen) atoms. The smallest absolute Gasteiger partial charge is 0.250 e. The molecule has 0 unspecified atom stereocenters. The molecule has 4 N–H and O–H groups in total. The van der Waals surface area contributed by atoms with Gasteiger partial charge in [-0.1, -0.05) is 12.1 Å². The van der Waals surface area contributed by atoms with Gasteiger partial charge in [0.1, 0.15) is 6.61 Å². The highest BCUT2D eigenvalue weighted by Gasteiger charge is 2.08. The predicted molar refractivity (Wildman–Crippen MR) is 111 cm³/mol. The molecule has 0 fully saturated rings. The number of carbonyl (C=O) groups excluding carboxylic acids is 1. The van der Waals surface area contributed by atoms with Crippen LogP contribution in [-0.4, -0.2) is 37.6 Å². The standard InChI is InChI=1S/C21H20N6O2/c1-14-11-16(23-21(29)13-28)5-8-18(14)24-20-12-19(25-26-20)15-3-6-17(7-4-15)27-10-2-9-22-27/h2-12,28H,13H2,1H3,(H,23,29)(H2,24,25,26). The average molecular weight is 388 g/mol. The number of nitrogens with one attached hydrogen (secondary N) is 3. The van der Waals surface area contributed by atoms with Crippen LogP contribution in [0.3, 0.4) is 0 Å². The fourth-order valence-electron chi connectivity index (χ4n) is 2.97. The number of nitrogens with zero attached hydrogens (tertiary/aromatic N) is 3. The van der Waals surface area contributed by atoms with Gasteiger partial charge in [0, 0.05) is 29.8 Å². The highest BCUT2D eigenvalue weighted by atomic mass is 16.3. The molecule has 0 aliphatic carbocycles. The van der Waals surface area contributed by atoms with Crippen molar-refractivity contribution in [3.63, 3.8) is 0 Å². The lowest BCUT2D eigenvalue weighted by atomic mass is 10.1. The summed E-state index contributed by atoms with van der Waals surface area (Å²) in [6.45, 7) is 1.39. The lowest BCUT2D eigenvalue weighted by Crippen LogP contribution is -2.15. The number of aliphatic hydroxyl groups is 1. The van der Waals surface area contributed by atoms with Gasteiger partial charge in [-0.05, 0) is 54.4 Å². The first-order valence-electron chi connectivity index (χ1n) is 9.06. The van der Waals surface area contributed by atoms with Gasteiger partial charge in [-0.3, -0.25) is 9.89 Å². The molecule has 2 heterocycles. The van der Waals surface area contributed by atoms with Gasteiger partial charge in [-0.2, -0.15) is 10.2 Å². The summed E-state index contributed by atoms with van der Waals surface area (Å²) < 4.78 is 1.80. The van der Waals surface area contributed by atoms with Crippen molar-refractivity contribution in [3.05, 3.63) is 72.6 Å². The largest absolute Gasteiger partial charge is 0.387 e. The van der Waals surface area contributed by atoms with Crippen LogP contribution in [0.1, 0.15) is 5.56 Å². The van der Waals surface area contributed by atoms with Crippen molar-refractivity contribution in [1.29, 1.82) is 0 Å². The van der Waals surface area contributed by atoms with Gasteiger partial charge in [0.2, 0.25) is 5.91 Å². The van der Waals surface area contributed by atoms with Crippen LogP contribution < -0.4 is 10.6 Å². The minimum Gasteiger partial charge on any atom is -0.387 e. The maximum atomic E-state index is 11.3. The van der Waals surface area contributed by atoms with Crippen molar-refractivity contribution in [1.82, 2.24) is 20.0 Å². The van der Waals surface area contributed by atoms with E-state index in [1.165, 1.54) is 0 Å². The van der Waals surface area contributed by atoms with Crippen LogP contribution in [-0.2, 0) is 4.79 Å². The lowest BCUT2D eigenvalue weighted by molar-refractivity contribution is -0.118. The van der Waals surface area contributed by atoms with Crippen molar-refractivity contribution in [2.75, 3.05) is 17.2 Å². The number of rotatable bonds is 6. The molecule has 0 aliphatic rings. The second-order valence-electron chi connectivity index (χ2n) is 6.53. The van der Waals surface area contributed by atoms with E-state index in [9.17, 15) is 4.79 Å². The molecule has 2 aromatic carbocycles. The minimum atomic E-state index is -0.544. The van der Waals surface area contributed by atoms with Crippen molar-refractivity contribution in [2.24, 2.45) is 0 Å². The number of aryl methyl sites for hydroxylation is 1. The zero-order valence-electron chi connectivity index (χ0n) is 15.8. The van der Waals surface area contributed by atoms with E-state index in [1.54, 1.807) is 16.9 Å². The Balaban J connectivity index is 1.47. The topological polar surface area (TPSA) is 108 Å². The summed E-state index contributed by atoms with van der Waals surface area (Å²) in [5, 5.41) is 26.3. The molecule has 0 aliphatic heterocycles. The SMILES string of the molecule is Cc1cc(NC(=O)CO)ccc1Nc1cc(-c2ccc(-n3cccn3)cc2)[nH]n1. The van der Waals surface area contributed by atoms with E-state index in [2.05, 4.69) is 25.9 Å². The summed E-state index contributed by atoms with van der Waals surface area (Å²) in [5.41, 5.74) is 5.34. The Morgan fingerprint density at radius 2 is 2.00 bits per heavy atom. The fraction of sp³-hybridized carbons (Fsp3) is 0.0952. The molecular weight excluding hydrogens is 368 g/mol. The summed E-state index contributed by atoms with van der Waals surface area (Å²) in [5.74, 6) is 0.243. The second kappa shape index (κ2) is 7.99. The predicted octanol–water partition coefficient (Wildman–Crippen LogP) is 3.25. The second-order valence-corrected chi connectivity index (χ2v) is 6.53. The third kappa shape index (κ3) is 4.17. The van der Waals surface area contributed by atoms with Crippen LogP contribution in [0, 0.1) is 6.92 Å². The zero-order chi connectivity index (χ0) is 20.2. The van der Waals surface area contributed by atoms with E-state index in [1.807, 2.05) is 61.7 Å². The zero-order valence-corrected chi connectivity index (χ0v) is 15.8. The number of carbonyl (C=O) groups is 1. The first-order chi connectivity index (χ1) is 14.1. The number of H-pyrrole nitrogens is 1. The number of benzene rings is 2. The Morgan fingerprint density at radius 3 is 2.69 bits per heavy atom. The van der Waals surface area contributed by atoms with E-state index in [4.69, 9.17) is 5.11 Å². The quantitative estimate of drug-likeness (QED) is 0.406. The summed E-state index contributed by atoms with van der Waals surface area (Å²) in [4.78, 5) is 11.3. The Morgan fingerprint density at radius 1 is 1.17 bits per heavy atom. The molecule has 0 atom stereocenters. The number of hydrogen-bond donors (Lipinski definition) is 4. The van der Waals surface area contributed by atoms with Crippen LogP contribution in [0.25, 0.3) is 16.9 Å². The lowest BCUT2D eigenvalue weighted by Gasteiger charge is -2.10. The molecular formula is C21H20N6O2. The van der Waals surface area contributed by atoms with Gasteiger partial charge in [0.05, 0.1) is 11.4 Å². The highest BCUT2D eigenvalue weighted by molar-refractivity contribution is 5.92. The van der Waals surface area contributed by atoms with Crippen LogP contribution in [0.5, 0.6) is 0 Å². The van der Waals surface area contributed by atoms with Crippen LogP contribution in [0.4, 0.5) is 17.2 Å². The number of aliphatic hydroxyl groups excluding tert-OH is 1. The van der Waals surface area contributed by atoms with Crippen LogP contribution in [0.15, 0.2) is 67.0 Å². The monoisotopic (exact) mass is 388 g/mol. The van der Waals surface area contributed by atoms with E-state index < -0.39 is 12.5 Å². The summed E-state index contributed by atoms with van der Waals surface area (Å²) in [6, 6.07) is 17.3. The number of aromatic nitrogens is 4. The van der Waals surface area contributed by atoms with Gasteiger partial charge in [0.25, 0.3) is 0 Å². The third-order valence-corrected chi connectivity index (χ3v) is 4.44. The Bertz CT molecular complexity index is 1120. The molecule has 0 saturated heterocycles. The van der Waals surface area contributed by atoms with Gasteiger partial charge >= 0.3 is 0 Å². The molecule has 2 aromatic heterocycles. The first-order valence-corrected chi connectivity index (χ1v) is 9.06. The van der Waals surface area contributed by atoms with Crippen molar-refractivity contribution in [2.45, 2.75) is 6.92 Å². The molecule has 1 amide bonds. The molecule has 0 saturated carbocycles. The van der Waals surface area contributed by atoms with Crippen molar-refractivity contribution >= 4 is 23.1 Å². The van der Waals surface area contributed by atoms with Crippen LogP contribution in [0.2, 0.25) is 0 Å². The molecule has 146 valence electrons. The molecule has 8 nitrogen and oxygen atoms in total. The molecule has 0 bridgehead atoms.